The predicted molar refractivity (Wildman–Crippen MR) is 51.1 cm³/mol. The standard InChI is InChI=1S/C10H8ClF3O2/c11-8-5-6(9-15-3-4-16-9)1-2-7(8)10(12,13)14/h1-2,5,9H,3-4H2. The molecule has 1 fully saturated rings. The maximum Gasteiger partial charge on any atom is 0.417 e. The molecule has 88 valence electrons. The zero-order valence-corrected chi connectivity index (χ0v) is 8.81. The third kappa shape index (κ3) is 2.31. The summed E-state index contributed by atoms with van der Waals surface area (Å²) in [6.45, 7) is 0.868. The molecule has 2 nitrogen and oxygen atoms in total. The minimum absolute atomic E-state index is 0.343. The second kappa shape index (κ2) is 4.24. The van der Waals surface area contributed by atoms with Gasteiger partial charge in [0.25, 0.3) is 0 Å². The number of halogens is 4. The van der Waals surface area contributed by atoms with Gasteiger partial charge in [0.2, 0.25) is 0 Å². The van der Waals surface area contributed by atoms with E-state index in [1.54, 1.807) is 0 Å². The van der Waals surface area contributed by atoms with E-state index in [1.807, 2.05) is 0 Å². The van der Waals surface area contributed by atoms with Gasteiger partial charge in [-0.1, -0.05) is 17.7 Å². The van der Waals surface area contributed by atoms with Gasteiger partial charge in [0, 0.05) is 5.56 Å². The minimum atomic E-state index is -4.44. The average Bonchev–Trinajstić information content (AvgIpc) is 2.68. The van der Waals surface area contributed by atoms with E-state index in [-0.39, 0.29) is 5.02 Å². The SMILES string of the molecule is FC(F)(F)c1ccc(C2OCCO2)cc1Cl. The summed E-state index contributed by atoms with van der Waals surface area (Å²) in [7, 11) is 0. The van der Waals surface area contributed by atoms with Gasteiger partial charge in [0.15, 0.2) is 6.29 Å². The van der Waals surface area contributed by atoms with Crippen molar-refractivity contribution in [3.63, 3.8) is 0 Å². The van der Waals surface area contributed by atoms with Crippen LogP contribution in [0, 0.1) is 0 Å². The number of rotatable bonds is 1. The quantitative estimate of drug-likeness (QED) is 0.763. The first kappa shape index (κ1) is 11.7. The maximum absolute atomic E-state index is 12.4. The Morgan fingerprint density at radius 2 is 1.81 bits per heavy atom. The van der Waals surface area contributed by atoms with E-state index in [1.165, 1.54) is 12.1 Å². The second-order valence-corrected chi connectivity index (χ2v) is 3.72. The van der Waals surface area contributed by atoms with Crippen molar-refractivity contribution in [2.24, 2.45) is 0 Å². The summed E-state index contributed by atoms with van der Waals surface area (Å²) in [6.07, 6.45) is -5.05. The fraction of sp³-hybridized carbons (Fsp3) is 0.400. The van der Waals surface area contributed by atoms with Crippen LogP contribution in [-0.2, 0) is 15.7 Å². The summed E-state index contributed by atoms with van der Waals surface area (Å²) < 4.78 is 47.5. The third-order valence-corrected chi connectivity index (χ3v) is 2.51. The molecule has 1 aliphatic heterocycles. The van der Waals surface area contributed by atoms with Gasteiger partial charge in [0.05, 0.1) is 23.8 Å². The first-order valence-electron chi connectivity index (χ1n) is 4.58. The van der Waals surface area contributed by atoms with Gasteiger partial charge < -0.3 is 9.47 Å². The fourth-order valence-corrected chi connectivity index (χ4v) is 1.75. The molecule has 0 atom stereocenters. The molecule has 0 bridgehead atoms. The number of hydrogen-bond donors (Lipinski definition) is 0. The highest BCUT2D eigenvalue weighted by Crippen LogP contribution is 2.36. The number of benzene rings is 1. The molecule has 0 radical (unpaired) electrons. The van der Waals surface area contributed by atoms with Crippen LogP contribution < -0.4 is 0 Å². The number of ether oxygens (including phenoxy) is 2. The lowest BCUT2D eigenvalue weighted by molar-refractivity contribution is -0.137. The zero-order valence-electron chi connectivity index (χ0n) is 8.05. The van der Waals surface area contributed by atoms with Crippen molar-refractivity contribution in [2.45, 2.75) is 12.5 Å². The molecule has 0 aliphatic carbocycles. The molecule has 0 unspecified atom stereocenters. The number of hydrogen-bond acceptors (Lipinski definition) is 2. The molecule has 0 aromatic heterocycles. The van der Waals surface area contributed by atoms with Gasteiger partial charge in [-0.25, -0.2) is 0 Å². The predicted octanol–water partition coefficient (Wildman–Crippen LogP) is 3.40. The highest BCUT2D eigenvalue weighted by Gasteiger charge is 2.33. The van der Waals surface area contributed by atoms with Crippen molar-refractivity contribution in [1.82, 2.24) is 0 Å². The van der Waals surface area contributed by atoms with E-state index < -0.39 is 18.0 Å². The van der Waals surface area contributed by atoms with Gasteiger partial charge in [-0.3, -0.25) is 0 Å². The molecule has 0 saturated carbocycles. The fourth-order valence-electron chi connectivity index (χ4n) is 1.46. The van der Waals surface area contributed by atoms with Crippen molar-refractivity contribution in [3.05, 3.63) is 34.3 Å². The summed E-state index contributed by atoms with van der Waals surface area (Å²) in [5, 5.41) is -0.343. The van der Waals surface area contributed by atoms with Crippen LogP contribution in [0.5, 0.6) is 0 Å². The van der Waals surface area contributed by atoms with Crippen LogP contribution in [0.4, 0.5) is 13.2 Å². The highest BCUT2D eigenvalue weighted by molar-refractivity contribution is 6.31. The molecule has 6 heteroatoms. The molecule has 0 N–H and O–H groups in total. The number of alkyl halides is 3. The minimum Gasteiger partial charge on any atom is -0.346 e. The lowest BCUT2D eigenvalue weighted by atomic mass is 10.1. The van der Waals surface area contributed by atoms with Crippen LogP contribution in [0.1, 0.15) is 17.4 Å². The summed E-state index contributed by atoms with van der Waals surface area (Å²) in [4.78, 5) is 0. The van der Waals surface area contributed by atoms with E-state index >= 15 is 0 Å². The van der Waals surface area contributed by atoms with Gasteiger partial charge in [-0.15, -0.1) is 0 Å². The molecule has 1 aromatic rings. The van der Waals surface area contributed by atoms with Crippen LogP contribution in [0.3, 0.4) is 0 Å². The van der Waals surface area contributed by atoms with Crippen molar-refractivity contribution in [1.29, 1.82) is 0 Å². The highest BCUT2D eigenvalue weighted by atomic mass is 35.5. The Labute approximate surface area is 94.9 Å². The average molecular weight is 253 g/mol. The van der Waals surface area contributed by atoms with E-state index in [2.05, 4.69) is 0 Å². The molecule has 0 spiro atoms. The van der Waals surface area contributed by atoms with Crippen molar-refractivity contribution < 1.29 is 22.6 Å². The molecule has 0 amide bonds. The van der Waals surface area contributed by atoms with Crippen LogP contribution in [-0.4, -0.2) is 13.2 Å². The van der Waals surface area contributed by atoms with Crippen LogP contribution in [0.2, 0.25) is 5.02 Å². The van der Waals surface area contributed by atoms with Crippen molar-refractivity contribution in [2.75, 3.05) is 13.2 Å². The maximum atomic E-state index is 12.4. The molecule has 1 aromatic carbocycles. The molecule has 1 heterocycles. The Hall–Kier alpha value is -0.780. The Morgan fingerprint density at radius 1 is 1.19 bits per heavy atom. The lowest BCUT2D eigenvalue weighted by Crippen LogP contribution is -2.07. The van der Waals surface area contributed by atoms with E-state index in [0.29, 0.717) is 18.8 Å². The van der Waals surface area contributed by atoms with E-state index in [0.717, 1.165) is 6.07 Å². The molecule has 2 rings (SSSR count). The monoisotopic (exact) mass is 252 g/mol. The molecule has 16 heavy (non-hydrogen) atoms. The first-order valence-corrected chi connectivity index (χ1v) is 4.96. The summed E-state index contributed by atoms with van der Waals surface area (Å²) in [5.74, 6) is 0. The van der Waals surface area contributed by atoms with Crippen LogP contribution in [0.25, 0.3) is 0 Å². The molecule has 1 saturated heterocycles. The van der Waals surface area contributed by atoms with Gasteiger partial charge >= 0.3 is 6.18 Å². The van der Waals surface area contributed by atoms with E-state index in [9.17, 15) is 13.2 Å². The Morgan fingerprint density at radius 3 is 2.31 bits per heavy atom. The smallest absolute Gasteiger partial charge is 0.346 e. The molecular formula is C10H8ClF3O2. The van der Waals surface area contributed by atoms with Crippen molar-refractivity contribution >= 4 is 11.6 Å². The van der Waals surface area contributed by atoms with E-state index in [4.69, 9.17) is 21.1 Å². The third-order valence-electron chi connectivity index (χ3n) is 2.19. The lowest BCUT2D eigenvalue weighted by Gasteiger charge is -2.13. The Balaban J connectivity index is 2.29. The first-order chi connectivity index (χ1) is 7.48. The Kier molecular flexibility index (Phi) is 3.10. The summed E-state index contributed by atoms with van der Waals surface area (Å²) in [6, 6.07) is 3.47. The summed E-state index contributed by atoms with van der Waals surface area (Å²) >= 11 is 5.56. The topological polar surface area (TPSA) is 18.5 Å². The molecular weight excluding hydrogens is 245 g/mol. The zero-order chi connectivity index (χ0) is 11.8. The van der Waals surface area contributed by atoms with Crippen molar-refractivity contribution in [3.8, 4) is 0 Å². The normalized spacial score (nSPS) is 18.0. The van der Waals surface area contributed by atoms with Gasteiger partial charge in [-0.2, -0.15) is 13.2 Å². The van der Waals surface area contributed by atoms with Gasteiger partial charge in [-0.05, 0) is 12.1 Å². The Bertz CT molecular complexity index is 386. The van der Waals surface area contributed by atoms with Crippen LogP contribution >= 0.6 is 11.6 Å². The largest absolute Gasteiger partial charge is 0.417 e. The molecule has 1 aliphatic rings. The second-order valence-electron chi connectivity index (χ2n) is 3.31. The van der Waals surface area contributed by atoms with Gasteiger partial charge in [0.1, 0.15) is 0 Å². The van der Waals surface area contributed by atoms with Crippen LogP contribution in [0.15, 0.2) is 18.2 Å². The summed E-state index contributed by atoms with van der Waals surface area (Å²) in [5.41, 5.74) is -0.355.